The van der Waals surface area contributed by atoms with E-state index in [1.807, 2.05) is 4.90 Å². The van der Waals surface area contributed by atoms with E-state index in [9.17, 15) is 0 Å². The van der Waals surface area contributed by atoms with E-state index in [-0.39, 0.29) is 24.2 Å². The molecule has 0 aliphatic carbocycles. The molecule has 8 heteroatoms. The molecule has 0 aromatic carbocycles. The molecule has 0 saturated carbocycles. The smallest absolute Gasteiger partial charge is 0.324 e. The van der Waals surface area contributed by atoms with Crippen molar-refractivity contribution in [1.82, 2.24) is 15.0 Å². The van der Waals surface area contributed by atoms with E-state index in [0.717, 1.165) is 0 Å². The quantitative estimate of drug-likeness (QED) is 0.433. The SMILES string of the molecule is C=CCN(CC=C)c1nc(OCC2CO2)nc(OCC2CO2)n1. The van der Waals surface area contributed by atoms with Crippen molar-refractivity contribution in [2.24, 2.45) is 0 Å². The van der Waals surface area contributed by atoms with E-state index in [1.54, 1.807) is 12.2 Å². The first-order valence-corrected chi connectivity index (χ1v) is 7.50. The molecule has 124 valence electrons. The number of epoxide rings is 2. The van der Waals surface area contributed by atoms with Gasteiger partial charge in [-0.3, -0.25) is 0 Å². The fourth-order valence-corrected chi connectivity index (χ4v) is 1.81. The first kappa shape index (κ1) is 15.7. The maximum absolute atomic E-state index is 5.56. The molecule has 0 amide bonds. The molecular weight excluding hydrogens is 300 g/mol. The molecule has 0 N–H and O–H groups in total. The van der Waals surface area contributed by atoms with Gasteiger partial charge in [-0.05, 0) is 0 Å². The number of aromatic nitrogens is 3. The normalized spacial score (nSPS) is 21.4. The minimum Gasteiger partial charge on any atom is -0.460 e. The van der Waals surface area contributed by atoms with Gasteiger partial charge in [-0.1, -0.05) is 12.2 Å². The van der Waals surface area contributed by atoms with Gasteiger partial charge >= 0.3 is 12.0 Å². The second kappa shape index (κ2) is 7.38. The minimum atomic E-state index is 0.122. The van der Waals surface area contributed by atoms with Crippen molar-refractivity contribution in [3.8, 4) is 12.0 Å². The second-order valence-corrected chi connectivity index (χ2v) is 5.22. The highest BCUT2D eigenvalue weighted by Gasteiger charge is 2.26. The summed E-state index contributed by atoms with van der Waals surface area (Å²) in [5, 5.41) is 0. The van der Waals surface area contributed by atoms with E-state index in [0.29, 0.717) is 45.5 Å². The van der Waals surface area contributed by atoms with Crippen molar-refractivity contribution < 1.29 is 18.9 Å². The van der Waals surface area contributed by atoms with Gasteiger partial charge in [-0.15, -0.1) is 18.1 Å². The van der Waals surface area contributed by atoms with Crippen molar-refractivity contribution in [3.63, 3.8) is 0 Å². The van der Waals surface area contributed by atoms with Crippen LogP contribution in [0.1, 0.15) is 0 Å². The van der Waals surface area contributed by atoms with Crippen LogP contribution < -0.4 is 14.4 Å². The average Bonchev–Trinajstić information content (AvgIpc) is 3.45. The predicted octanol–water partition coefficient (Wildman–Crippen LogP) is 0.605. The van der Waals surface area contributed by atoms with Gasteiger partial charge in [-0.2, -0.15) is 9.97 Å². The lowest BCUT2D eigenvalue weighted by atomic mass is 10.4. The molecule has 1 aromatic rings. The molecule has 2 aliphatic heterocycles. The van der Waals surface area contributed by atoms with E-state index in [1.165, 1.54) is 0 Å². The maximum atomic E-state index is 5.56. The topological polar surface area (TPSA) is 85.4 Å². The molecule has 1 aromatic heterocycles. The van der Waals surface area contributed by atoms with Crippen molar-refractivity contribution in [1.29, 1.82) is 0 Å². The van der Waals surface area contributed by atoms with Crippen LogP contribution in [0.15, 0.2) is 25.3 Å². The van der Waals surface area contributed by atoms with Gasteiger partial charge in [0, 0.05) is 13.1 Å². The third-order valence-electron chi connectivity index (χ3n) is 3.17. The Kier molecular flexibility index (Phi) is 5.04. The van der Waals surface area contributed by atoms with Crippen molar-refractivity contribution in [2.75, 3.05) is 44.4 Å². The zero-order chi connectivity index (χ0) is 16.1. The van der Waals surface area contributed by atoms with Gasteiger partial charge in [0.2, 0.25) is 5.95 Å². The lowest BCUT2D eigenvalue weighted by molar-refractivity contribution is 0.224. The molecule has 2 unspecified atom stereocenters. The number of ether oxygens (including phenoxy) is 4. The van der Waals surface area contributed by atoms with Crippen LogP contribution in [-0.2, 0) is 9.47 Å². The van der Waals surface area contributed by atoms with E-state index in [4.69, 9.17) is 18.9 Å². The molecule has 2 fully saturated rings. The van der Waals surface area contributed by atoms with Gasteiger partial charge in [-0.25, -0.2) is 0 Å². The highest BCUT2D eigenvalue weighted by molar-refractivity contribution is 5.34. The van der Waals surface area contributed by atoms with Gasteiger partial charge < -0.3 is 23.8 Å². The summed E-state index contributed by atoms with van der Waals surface area (Å²) in [4.78, 5) is 14.7. The molecule has 23 heavy (non-hydrogen) atoms. The summed E-state index contributed by atoms with van der Waals surface area (Å²) in [5.41, 5.74) is 0. The highest BCUT2D eigenvalue weighted by Crippen LogP contribution is 2.19. The molecule has 2 atom stereocenters. The first-order chi connectivity index (χ1) is 11.3. The Labute approximate surface area is 134 Å². The summed E-state index contributed by atoms with van der Waals surface area (Å²) < 4.78 is 21.4. The van der Waals surface area contributed by atoms with E-state index >= 15 is 0 Å². The fourth-order valence-electron chi connectivity index (χ4n) is 1.81. The monoisotopic (exact) mass is 320 g/mol. The Morgan fingerprint density at radius 3 is 1.83 bits per heavy atom. The zero-order valence-electron chi connectivity index (χ0n) is 12.9. The molecule has 3 rings (SSSR count). The van der Waals surface area contributed by atoms with Crippen LogP contribution in [0.4, 0.5) is 5.95 Å². The summed E-state index contributed by atoms with van der Waals surface area (Å²) >= 11 is 0. The lowest BCUT2D eigenvalue weighted by Gasteiger charge is -2.19. The van der Waals surface area contributed by atoms with Crippen molar-refractivity contribution in [3.05, 3.63) is 25.3 Å². The zero-order valence-corrected chi connectivity index (χ0v) is 12.9. The summed E-state index contributed by atoms with van der Waals surface area (Å²) in [6, 6.07) is 0.436. The summed E-state index contributed by atoms with van der Waals surface area (Å²) in [5.74, 6) is 0.457. The van der Waals surface area contributed by atoms with Crippen LogP contribution in [0.2, 0.25) is 0 Å². The maximum Gasteiger partial charge on any atom is 0.324 e. The Balaban J connectivity index is 1.75. The average molecular weight is 320 g/mol. The second-order valence-electron chi connectivity index (χ2n) is 5.22. The van der Waals surface area contributed by atoms with E-state index in [2.05, 4.69) is 28.1 Å². The van der Waals surface area contributed by atoms with Crippen LogP contribution in [0.3, 0.4) is 0 Å². The van der Waals surface area contributed by atoms with Gasteiger partial charge in [0.25, 0.3) is 0 Å². The fraction of sp³-hybridized carbons (Fsp3) is 0.533. The van der Waals surface area contributed by atoms with Gasteiger partial charge in [0.1, 0.15) is 25.4 Å². The number of hydrogen-bond donors (Lipinski definition) is 0. The molecule has 3 heterocycles. The largest absolute Gasteiger partial charge is 0.460 e. The van der Waals surface area contributed by atoms with Crippen LogP contribution in [0.5, 0.6) is 12.0 Å². The third kappa shape index (κ3) is 4.90. The standard InChI is InChI=1S/C15H20N4O4/c1-3-5-19(6-4-2)13-16-14(22-9-11-7-20-11)18-15(17-13)23-10-12-8-21-12/h3-4,11-12H,1-2,5-10H2. The minimum absolute atomic E-state index is 0.122. The van der Waals surface area contributed by atoms with Crippen LogP contribution in [0, 0.1) is 0 Å². The lowest BCUT2D eigenvalue weighted by Crippen LogP contribution is -2.26. The number of nitrogens with zero attached hydrogens (tertiary/aromatic N) is 4. The number of hydrogen-bond acceptors (Lipinski definition) is 8. The van der Waals surface area contributed by atoms with E-state index < -0.39 is 0 Å². The van der Waals surface area contributed by atoms with Gasteiger partial charge in [0.15, 0.2) is 0 Å². The van der Waals surface area contributed by atoms with Gasteiger partial charge in [0.05, 0.1) is 13.2 Å². The summed E-state index contributed by atoms with van der Waals surface area (Å²) in [7, 11) is 0. The first-order valence-electron chi connectivity index (χ1n) is 7.50. The number of rotatable bonds is 11. The molecule has 2 saturated heterocycles. The Morgan fingerprint density at radius 2 is 1.43 bits per heavy atom. The molecule has 0 spiro atoms. The van der Waals surface area contributed by atoms with Crippen molar-refractivity contribution >= 4 is 5.95 Å². The summed E-state index contributed by atoms with van der Waals surface area (Å²) in [6.45, 7) is 10.9. The molecular formula is C15H20N4O4. The molecule has 0 radical (unpaired) electrons. The predicted molar refractivity (Wildman–Crippen MR) is 82.9 cm³/mol. The van der Waals surface area contributed by atoms with Crippen LogP contribution >= 0.6 is 0 Å². The Morgan fingerprint density at radius 1 is 0.957 bits per heavy atom. The molecule has 2 aliphatic rings. The third-order valence-corrected chi connectivity index (χ3v) is 3.17. The molecule has 8 nitrogen and oxygen atoms in total. The van der Waals surface area contributed by atoms with Crippen molar-refractivity contribution in [2.45, 2.75) is 12.2 Å². The summed E-state index contributed by atoms with van der Waals surface area (Å²) in [6.07, 6.45) is 3.78. The Hall–Kier alpha value is -2.19. The Bertz CT molecular complexity index is 516. The highest BCUT2D eigenvalue weighted by atomic mass is 16.6. The van der Waals surface area contributed by atoms with Crippen LogP contribution in [0.25, 0.3) is 0 Å². The number of anilines is 1. The van der Waals surface area contributed by atoms with Crippen LogP contribution in [-0.4, -0.2) is 66.7 Å². The molecule has 0 bridgehead atoms.